The van der Waals surface area contributed by atoms with E-state index in [9.17, 15) is 4.79 Å². The van der Waals surface area contributed by atoms with Crippen molar-refractivity contribution in [1.82, 2.24) is 0 Å². The van der Waals surface area contributed by atoms with E-state index in [1.165, 1.54) is 0 Å². The summed E-state index contributed by atoms with van der Waals surface area (Å²) in [6.07, 6.45) is 0. The molecule has 1 aromatic rings. The van der Waals surface area contributed by atoms with Gasteiger partial charge in [0.1, 0.15) is 0 Å². The Morgan fingerprint density at radius 3 is 2.77 bits per heavy atom. The number of rotatable bonds is 2. The van der Waals surface area contributed by atoms with Crippen molar-refractivity contribution in [3.8, 4) is 0 Å². The SMILES string of the molecule is Cc1ccc(N)cc1C(=O)C(Cl)Br. The van der Waals surface area contributed by atoms with Gasteiger partial charge in [-0.15, -0.1) is 11.6 Å². The average molecular weight is 263 g/mol. The van der Waals surface area contributed by atoms with Crippen molar-refractivity contribution >= 4 is 39.0 Å². The highest BCUT2D eigenvalue weighted by molar-refractivity contribution is 9.10. The number of ketones is 1. The molecular formula is C9H9BrClNO. The van der Waals surface area contributed by atoms with Gasteiger partial charge in [-0.1, -0.05) is 22.0 Å². The number of carbonyl (C=O) groups excluding carboxylic acids is 1. The molecule has 0 aliphatic heterocycles. The molecular weight excluding hydrogens is 253 g/mol. The van der Waals surface area contributed by atoms with Crippen LogP contribution < -0.4 is 5.73 Å². The van der Waals surface area contributed by atoms with Crippen LogP contribution in [0.2, 0.25) is 0 Å². The first-order valence-electron chi connectivity index (χ1n) is 3.71. The molecule has 0 radical (unpaired) electrons. The lowest BCUT2D eigenvalue weighted by atomic mass is 10.1. The van der Waals surface area contributed by atoms with E-state index in [0.29, 0.717) is 11.3 Å². The third kappa shape index (κ3) is 2.45. The Labute approximate surface area is 90.2 Å². The van der Waals surface area contributed by atoms with Gasteiger partial charge in [0.2, 0.25) is 0 Å². The summed E-state index contributed by atoms with van der Waals surface area (Å²) in [5.41, 5.74) is 7.57. The van der Waals surface area contributed by atoms with Crippen molar-refractivity contribution in [2.45, 2.75) is 11.2 Å². The molecule has 4 heteroatoms. The lowest BCUT2D eigenvalue weighted by Crippen LogP contribution is -2.09. The Kier molecular flexibility index (Phi) is 3.33. The van der Waals surface area contributed by atoms with E-state index in [4.69, 9.17) is 17.3 Å². The first-order valence-corrected chi connectivity index (χ1v) is 5.06. The van der Waals surface area contributed by atoms with Gasteiger partial charge in [0.25, 0.3) is 0 Å². The van der Waals surface area contributed by atoms with Gasteiger partial charge in [-0.2, -0.15) is 0 Å². The van der Waals surface area contributed by atoms with Crippen LogP contribution in [-0.2, 0) is 0 Å². The molecule has 2 nitrogen and oxygen atoms in total. The molecule has 0 amide bonds. The summed E-state index contributed by atoms with van der Waals surface area (Å²) in [4.78, 5) is 11.5. The van der Waals surface area contributed by atoms with Crippen LogP contribution in [0.4, 0.5) is 5.69 Å². The van der Waals surface area contributed by atoms with Gasteiger partial charge in [0, 0.05) is 11.3 Å². The molecule has 1 rings (SSSR count). The number of anilines is 1. The molecule has 0 aromatic heterocycles. The zero-order valence-corrected chi connectivity index (χ0v) is 9.39. The standard InChI is InChI=1S/C9H9BrClNO/c1-5-2-3-6(12)4-7(5)8(13)9(10)11/h2-4,9H,12H2,1H3. The summed E-state index contributed by atoms with van der Waals surface area (Å²) < 4.78 is -0.687. The number of halogens is 2. The molecule has 1 unspecified atom stereocenters. The number of alkyl halides is 2. The summed E-state index contributed by atoms with van der Waals surface area (Å²) in [5, 5.41) is 0. The molecule has 2 N–H and O–H groups in total. The van der Waals surface area contributed by atoms with Crippen molar-refractivity contribution < 1.29 is 4.79 Å². The second-order valence-electron chi connectivity index (χ2n) is 2.74. The van der Waals surface area contributed by atoms with Gasteiger partial charge in [0.15, 0.2) is 10.1 Å². The molecule has 0 saturated heterocycles. The molecule has 0 spiro atoms. The minimum atomic E-state index is -0.687. The number of hydrogen-bond donors (Lipinski definition) is 1. The second-order valence-corrected chi connectivity index (χ2v) is 4.62. The quantitative estimate of drug-likeness (QED) is 0.506. The van der Waals surface area contributed by atoms with E-state index in [0.717, 1.165) is 5.56 Å². The predicted molar refractivity (Wildman–Crippen MR) is 58.5 cm³/mol. The smallest absolute Gasteiger partial charge is 0.191 e. The van der Waals surface area contributed by atoms with Crippen LogP contribution in [0.1, 0.15) is 15.9 Å². The maximum absolute atomic E-state index is 11.5. The average Bonchev–Trinajstić information content (AvgIpc) is 2.08. The van der Waals surface area contributed by atoms with Crippen LogP contribution in [0, 0.1) is 6.92 Å². The molecule has 13 heavy (non-hydrogen) atoms. The maximum atomic E-state index is 11.5. The molecule has 0 aliphatic rings. The molecule has 70 valence electrons. The topological polar surface area (TPSA) is 43.1 Å². The number of hydrogen-bond acceptors (Lipinski definition) is 2. The van der Waals surface area contributed by atoms with Crippen molar-refractivity contribution in [1.29, 1.82) is 0 Å². The van der Waals surface area contributed by atoms with Gasteiger partial charge in [0.05, 0.1) is 0 Å². The monoisotopic (exact) mass is 261 g/mol. The highest BCUT2D eigenvalue weighted by atomic mass is 79.9. The number of nitrogens with two attached hydrogens (primary N) is 1. The predicted octanol–water partition coefficient (Wildman–Crippen LogP) is 2.72. The third-order valence-corrected chi connectivity index (χ3v) is 2.34. The fraction of sp³-hybridized carbons (Fsp3) is 0.222. The zero-order valence-electron chi connectivity index (χ0n) is 7.05. The highest BCUT2D eigenvalue weighted by Crippen LogP contribution is 2.19. The van der Waals surface area contributed by atoms with Gasteiger partial charge < -0.3 is 5.73 Å². The van der Waals surface area contributed by atoms with Crippen LogP contribution in [0.25, 0.3) is 0 Å². The van der Waals surface area contributed by atoms with Crippen molar-refractivity contribution in [3.63, 3.8) is 0 Å². The fourth-order valence-electron chi connectivity index (χ4n) is 1.02. The Morgan fingerprint density at radius 2 is 2.23 bits per heavy atom. The first kappa shape index (κ1) is 10.5. The van der Waals surface area contributed by atoms with Gasteiger partial charge in [-0.05, 0) is 24.6 Å². The van der Waals surface area contributed by atoms with E-state index in [2.05, 4.69) is 15.9 Å². The number of aryl methyl sites for hydroxylation is 1. The molecule has 0 aliphatic carbocycles. The summed E-state index contributed by atoms with van der Waals surface area (Å²) in [7, 11) is 0. The van der Waals surface area contributed by atoms with E-state index >= 15 is 0 Å². The maximum Gasteiger partial charge on any atom is 0.191 e. The van der Waals surface area contributed by atoms with Gasteiger partial charge in [-0.25, -0.2) is 0 Å². The first-order chi connectivity index (χ1) is 6.02. The Morgan fingerprint density at radius 1 is 1.62 bits per heavy atom. The normalized spacial score (nSPS) is 12.5. The van der Waals surface area contributed by atoms with Crippen LogP contribution in [-0.4, -0.2) is 10.1 Å². The molecule has 0 bridgehead atoms. The summed E-state index contributed by atoms with van der Waals surface area (Å²) in [6, 6.07) is 5.19. The Bertz CT molecular complexity index is 338. The minimum Gasteiger partial charge on any atom is -0.399 e. The van der Waals surface area contributed by atoms with E-state index in [1.807, 2.05) is 6.92 Å². The fourth-order valence-corrected chi connectivity index (χ4v) is 1.39. The summed E-state index contributed by atoms with van der Waals surface area (Å²) in [6.45, 7) is 1.85. The number of Topliss-reactive ketones (excluding diaryl/α,β-unsaturated/α-hetero) is 1. The lowest BCUT2D eigenvalue weighted by molar-refractivity contribution is 0.101. The molecule has 0 heterocycles. The zero-order chi connectivity index (χ0) is 10.0. The van der Waals surface area contributed by atoms with Crippen LogP contribution >= 0.6 is 27.5 Å². The minimum absolute atomic E-state index is 0.161. The number of nitrogen functional groups attached to an aromatic ring is 1. The van der Waals surface area contributed by atoms with Crippen molar-refractivity contribution in [2.24, 2.45) is 0 Å². The van der Waals surface area contributed by atoms with Crippen LogP contribution in [0.5, 0.6) is 0 Å². The van der Waals surface area contributed by atoms with E-state index < -0.39 is 4.29 Å². The van der Waals surface area contributed by atoms with Crippen LogP contribution in [0.3, 0.4) is 0 Å². The van der Waals surface area contributed by atoms with Crippen molar-refractivity contribution in [2.75, 3.05) is 5.73 Å². The van der Waals surface area contributed by atoms with Gasteiger partial charge in [-0.3, -0.25) is 4.79 Å². The Balaban J connectivity index is 3.13. The third-order valence-electron chi connectivity index (χ3n) is 1.73. The van der Waals surface area contributed by atoms with Crippen molar-refractivity contribution in [3.05, 3.63) is 29.3 Å². The molecule has 0 saturated carbocycles. The van der Waals surface area contributed by atoms with E-state index in [-0.39, 0.29) is 5.78 Å². The molecule has 0 fully saturated rings. The summed E-state index contributed by atoms with van der Waals surface area (Å²) in [5.74, 6) is -0.161. The van der Waals surface area contributed by atoms with E-state index in [1.54, 1.807) is 18.2 Å². The van der Waals surface area contributed by atoms with Gasteiger partial charge >= 0.3 is 0 Å². The molecule has 1 atom stereocenters. The number of carbonyl (C=O) groups is 1. The van der Waals surface area contributed by atoms with Crippen LogP contribution in [0.15, 0.2) is 18.2 Å². The second kappa shape index (κ2) is 4.11. The molecule has 1 aromatic carbocycles. The lowest BCUT2D eigenvalue weighted by Gasteiger charge is -2.05. The highest BCUT2D eigenvalue weighted by Gasteiger charge is 2.15. The number of benzene rings is 1. The summed E-state index contributed by atoms with van der Waals surface area (Å²) >= 11 is 8.62. The largest absolute Gasteiger partial charge is 0.399 e. The Hall–Kier alpha value is -0.540.